The van der Waals surface area contributed by atoms with Crippen molar-refractivity contribution in [3.8, 4) is 5.75 Å². The van der Waals surface area contributed by atoms with Gasteiger partial charge in [0.2, 0.25) is 47.1 Å². The Morgan fingerprint density at radius 2 is 1.19 bits per heavy atom. The van der Waals surface area contributed by atoms with E-state index in [1.807, 2.05) is 0 Å². The van der Waals surface area contributed by atoms with E-state index in [4.69, 9.17) is 0 Å². The number of aliphatic carboxylic acids is 1. The number of thioether (sulfide) groups is 2. The molecule has 12 N–H and O–H groups in total. The average Bonchev–Trinajstić information content (AvgIpc) is 3.33. The molecular formula is C45H62N8O14S3. The van der Waals surface area contributed by atoms with Gasteiger partial charge in [-0.1, -0.05) is 74.5 Å². The van der Waals surface area contributed by atoms with Gasteiger partial charge in [0.15, 0.2) is 0 Å². The number of carbonyl (C=O) groups is 10. The number of carbonyl (C=O) groups excluding carboxylic acids is 9. The smallest absolute Gasteiger partial charge is 0.305 e. The van der Waals surface area contributed by atoms with Gasteiger partial charge >= 0.3 is 5.97 Å². The summed E-state index contributed by atoms with van der Waals surface area (Å²) in [5.74, 6) is -11.0. The molecule has 0 bridgehead atoms. The van der Waals surface area contributed by atoms with Crippen molar-refractivity contribution < 1.29 is 68.4 Å². The predicted molar refractivity (Wildman–Crippen MR) is 262 cm³/mol. The van der Waals surface area contributed by atoms with Crippen LogP contribution in [-0.4, -0.2) is 163 Å². The Kier molecular flexibility index (Phi) is 24.6. The number of amides is 7. The normalized spacial score (nSPS) is 25.4. The van der Waals surface area contributed by atoms with Crippen molar-refractivity contribution in [2.24, 2.45) is 5.92 Å². The molecule has 1 heterocycles. The summed E-state index contributed by atoms with van der Waals surface area (Å²) >= 11 is 5.94. The minimum Gasteiger partial charge on any atom is -0.508 e. The predicted octanol–water partition coefficient (Wildman–Crippen LogP) is -2.09. The number of ketones is 1. The number of rotatable bonds is 14. The van der Waals surface area contributed by atoms with Crippen LogP contribution in [0.15, 0.2) is 54.6 Å². The zero-order valence-electron chi connectivity index (χ0n) is 39.0. The summed E-state index contributed by atoms with van der Waals surface area (Å²) < 4.78 is 0. The minimum atomic E-state index is -1.88. The van der Waals surface area contributed by atoms with E-state index in [2.05, 4.69) is 55.2 Å². The van der Waals surface area contributed by atoms with Crippen molar-refractivity contribution in [2.75, 3.05) is 30.2 Å². The molecule has 70 heavy (non-hydrogen) atoms. The summed E-state index contributed by atoms with van der Waals surface area (Å²) in [6, 6.07) is 1.48. The summed E-state index contributed by atoms with van der Waals surface area (Å²) in [5, 5.41) is 59.1. The molecule has 0 aliphatic carbocycles. The lowest BCUT2D eigenvalue weighted by molar-refractivity contribution is -0.141. The van der Waals surface area contributed by atoms with Crippen molar-refractivity contribution in [1.82, 2.24) is 42.5 Å². The zero-order valence-corrected chi connectivity index (χ0v) is 41.5. The van der Waals surface area contributed by atoms with Gasteiger partial charge in [0, 0.05) is 12.2 Å². The van der Waals surface area contributed by atoms with Crippen LogP contribution in [0.5, 0.6) is 5.75 Å². The highest BCUT2D eigenvalue weighted by atomic mass is 32.2. The number of thiol groups is 1. The first-order valence-electron chi connectivity index (χ1n) is 22.2. The summed E-state index contributed by atoms with van der Waals surface area (Å²) in [5.41, 5.74) is 1.03. The molecule has 0 spiro atoms. The topological polar surface area (TPSA) is 348 Å². The highest BCUT2D eigenvalue weighted by molar-refractivity contribution is 8.15. The SMILES string of the molecule is CC[C@H](C)[C@@H]1NC(=O)[C@H](Cc2ccccc2)NC(=O)[C@H](CC(=O)O)NC(=O)[C@H](CS)NC(=O)[C@H]([C@@H](C)O)NC(=O)[C@H](CO)NC(=O)[C@H](Cc2ccc(O)cc2)NCSC(=O)C(=O)[C@H](CCSC)NC1=O. The maximum Gasteiger partial charge on any atom is 0.305 e. The van der Waals surface area contributed by atoms with Gasteiger partial charge < -0.3 is 57.6 Å². The van der Waals surface area contributed by atoms with Crippen LogP contribution in [0, 0.1) is 5.92 Å². The first kappa shape index (κ1) is 58.6. The van der Waals surface area contributed by atoms with Crippen LogP contribution in [0.1, 0.15) is 51.2 Å². The van der Waals surface area contributed by atoms with Gasteiger partial charge in [-0.2, -0.15) is 24.4 Å². The van der Waals surface area contributed by atoms with Crippen LogP contribution in [0.3, 0.4) is 0 Å². The van der Waals surface area contributed by atoms with Crippen molar-refractivity contribution in [1.29, 1.82) is 0 Å². The second-order valence-electron chi connectivity index (χ2n) is 16.4. The van der Waals surface area contributed by atoms with E-state index < -0.39 is 137 Å². The lowest BCUT2D eigenvalue weighted by Crippen LogP contribution is -2.62. The number of carboxylic acid groups (broad SMARTS) is 1. The molecule has 22 nitrogen and oxygen atoms in total. The molecular weight excluding hydrogens is 973 g/mol. The summed E-state index contributed by atoms with van der Waals surface area (Å²) in [4.78, 5) is 136. The van der Waals surface area contributed by atoms with Gasteiger partial charge in [0.25, 0.3) is 5.12 Å². The Labute approximate surface area is 418 Å². The molecule has 1 fully saturated rings. The molecule has 2 aromatic carbocycles. The summed E-state index contributed by atoms with van der Waals surface area (Å²) in [6.07, 6.45) is -0.911. The molecule has 0 saturated carbocycles. The van der Waals surface area contributed by atoms with E-state index in [9.17, 15) is 68.4 Å². The Balaban J connectivity index is 2.13. The van der Waals surface area contributed by atoms with Crippen LogP contribution in [-0.2, 0) is 60.8 Å². The third-order valence-corrected chi connectivity index (χ3v) is 12.9. The van der Waals surface area contributed by atoms with Crippen LogP contribution < -0.4 is 42.5 Å². The number of Topliss-reactive ketones (excluding diaryl/α,β-unsaturated/α-hetero) is 1. The number of nitrogens with one attached hydrogen (secondary N) is 8. The van der Waals surface area contributed by atoms with E-state index in [0.717, 1.165) is 6.92 Å². The Morgan fingerprint density at radius 1 is 0.686 bits per heavy atom. The number of hydrogen-bond donors (Lipinski definition) is 13. The Bertz CT molecular complexity index is 2160. The minimum absolute atomic E-state index is 0.00236. The number of aromatic hydroxyl groups is 1. The number of phenols is 1. The first-order chi connectivity index (χ1) is 33.2. The number of carboxylic acids is 1. The fourth-order valence-corrected chi connectivity index (χ4v) is 8.27. The molecule has 2 aromatic rings. The molecule has 1 saturated heterocycles. The molecule has 0 unspecified atom stereocenters. The monoisotopic (exact) mass is 1030 g/mol. The fraction of sp³-hybridized carbons (Fsp3) is 0.511. The maximum absolute atomic E-state index is 14.2. The summed E-state index contributed by atoms with van der Waals surface area (Å²) in [6.45, 7) is 3.49. The molecule has 1 aliphatic rings. The standard InChI is InChI=1S/C45H62N8O14S3/c1-5-23(2)35-43(65)47-28(15-16-69-4)37(59)45(67)70-22-46-29(17-26-11-13-27(56)14-12-26)38(60)50-32(20-54)41(63)53-36(24(3)55)44(66)51-33(21-68)42(64)49-31(19-34(57)58)39(61)48-30(40(62)52-35)18-25-9-7-6-8-10-25/h6-14,23-24,28-33,35-36,46,54-56,68H,5,15-22H2,1-4H3,(H,47,65)(H,48,61)(H,49,64)(H,50,60)(H,51,66)(H,52,62)(H,53,63)(H,57,58)/t23-,24+,28-,29-,30-,31-,32-,33-,35-,36-/m0/s1. The molecule has 0 radical (unpaired) electrons. The molecule has 0 aromatic heterocycles. The van der Waals surface area contributed by atoms with E-state index >= 15 is 0 Å². The van der Waals surface area contributed by atoms with E-state index in [1.54, 1.807) is 50.4 Å². The summed E-state index contributed by atoms with van der Waals surface area (Å²) in [7, 11) is 0. The molecule has 1 aliphatic heterocycles. The number of benzene rings is 2. The van der Waals surface area contributed by atoms with Crippen LogP contribution in [0.25, 0.3) is 0 Å². The van der Waals surface area contributed by atoms with Gasteiger partial charge in [0.05, 0.1) is 37.1 Å². The van der Waals surface area contributed by atoms with Gasteiger partial charge in [-0.3, -0.25) is 53.3 Å². The Hall–Kier alpha value is -5.73. The molecule has 384 valence electrons. The highest BCUT2D eigenvalue weighted by Gasteiger charge is 2.37. The van der Waals surface area contributed by atoms with E-state index in [1.165, 1.54) is 36.0 Å². The quantitative estimate of drug-likeness (QED) is 0.0713. The van der Waals surface area contributed by atoms with Crippen LogP contribution >= 0.6 is 36.2 Å². The third-order valence-electron chi connectivity index (χ3n) is 11.1. The largest absolute Gasteiger partial charge is 0.508 e. The molecule has 10 atom stereocenters. The lowest BCUT2D eigenvalue weighted by atomic mass is 9.96. The number of hydrogen-bond acceptors (Lipinski definition) is 17. The zero-order chi connectivity index (χ0) is 52.1. The van der Waals surface area contributed by atoms with Gasteiger partial charge in [0.1, 0.15) is 42.0 Å². The van der Waals surface area contributed by atoms with Gasteiger partial charge in [-0.15, -0.1) is 0 Å². The van der Waals surface area contributed by atoms with Crippen LogP contribution in [0.4, 0.5) is 0 Å². The number of phenolic OH excluding ortho intramolecular Hbond substituents is 1. The molecule has 25 heteroatoms. The van der Waals surface area contributed by atoms with E-state index in [0.29, 0.717) is 35.1 Å². The van der Waals surface area contributed by atoms with Crippen molar-refractivity contribution >= 4 is 94.4 Å². The maximum atomic E-state index is 14.2. The second-order valence-corrected chi connectivity index (χ2v) is 18.7. The van der Waals surface area contributed by atoms with Crippen molar-refractivity contribution in [3.63, 3.8) is 0 Å². The van der Waals surface area contributed by atoms with Crippen LogP contribution in [0.2, 0.25) is 0 Å². The van der Waals surface area contributed by atoms with Crippen molar-refractivity contribution in [3.05, 3.63) is 65.7 Å². The number of aliphatic hydroxyl groups excluding tert-OH is 2. The Morgan fingerprint density at radius 3 is 1.77 bits per heavy atom. The first-order valence-corrected chi connectivity index (χ1v) is 25.2. The average molecular weight is 1040 g/mol. The lowest BCUT2D eigenvalue weighted by Gasteiger charge is -2.29. The molecule has 7 amide bonds. The third kappa shape index (κ3) is 18.5. The van der Waals surface area contributed by atoms with Gasteiger partial charge in [-0.25, -0.2) is 0 Å². The number of aliphatic hydroxyl groups is 2. The highest BCUT2D eigenvalue weighted by Crippen LogP contribution is 2.16. The van der Waals surface area contributed by atoms with Gasteiger partial charge in [-0.05, 0) is 61.0 Å². The molecule has 3 rings (SSSR count). The fourth-order valence-electron chi connectivity index (χ4n) is 6.84. The van der Waals surface area contributed by atoms with Crippen molar-refractivity contribution in [2.45, 2.75) is 107 Å². The van der Waals surface area contributed by atoms with E-state index in [-0.39, 0.29) is 30.9 Å². The second kappa shape index (κ2) is 29.5.